The second-order valence-electron chi connectivity index (χ2n) is 5.30. The van der Waals surface area contributed by atoms with E-state index in [1.807, 2.05) is 18.2 Å². The molecule has 1 aliphatic rings. The molecule has 2 aromatic rings. The lowest BCUT2D eigenvalue weighted by Crippen LogP contribution is -2.38. The van der Waals surface area contributed by atoms with Gasteiger partial charge in [-0.15, -0.1) is 0 Å². The second kappa shape index (κ2) is 5.77. The van der Waals surface area contributed by atoms with Crippen LogP contribution >= 0.6 is 0 Å². The third-order valence-corrected chi connectivity index (χ3v) is 3.94. The molecular weight excluding hydrogens is 268 g/mol. The molecule has 1 aliphatic heterocycles. The Balaban J connectivity index is 2.10. The Hall–Kier alpha value is -2.01. The van der Waals surface area contributed by atoms with Crippen LogP contribution in [0.15, 0.2) is 24.4 Å². The van der Waals surface area contributed by atoms with E-state index in [9.17, 15) is 5.11 Å². The molecule has 1 N–H and O–H groups in total. The summed E-state index contributed by atoms with van der Waals surface area (Å²) in [5.74, 6) is 2.30. The normalized spacial score (nSPS) is 18.8. The van der Waals surface area contributed by atoms with Crippen molar-refractivity contribution < 1.29 is 14.6 Å². The van der Waals surface area contributed by atoms with Crippen LogP contribution in [0.25, 0.3) is 10.8 Å². The van der Waals surface area contributed by atoms with Gasteiger partial charge < -0.3 is 19.5 Å². The summed E-state index contributed by atoms with van der Waals surface area (Å²) in [5.41, 5.74) is 0. The van der Waals surface area contributed by atoms with Crippen LogP contribution in [0.4, 0.5) is 5.82 Å². The molecule has 0 spiro atoms. The standard InChI is InChI=1S/C16H20N2O3/c1-20-14-8-11-5-6-17-16(13(11)9-15(14)21-2)18-7-3-4-12(19)10-18/h5-6,8-9,12,19H,3-4,7,10H2,1-2H3. The van der Waals surface area contributed by atoms with Gasteiger partial charge in [0.2, 0.25) is 0 Å². The van der Waals surface area contributed by atoms with Crippen LogP contribution in [0.5, 0.6) is 11.5 Å². The zero-order valence-corrected chi connectivity index (χ0v) is 12.4. The van der Waals surface area contributed by atoms with Gasteiger partial charge in [0.25, 0.3) is 0 Å². The number of fused-ring (bicyclic) bond motifs is 1. The molecule has 112 valence electrons. The fraction of sp³-hybridized carbons (Fsp3) is 0.438. The predicted octanol–water partition coefficient (Wildman–Crippen LogP) is 2.21. The number of β-amino-alcohol motifs (C(OH)–C–C–N with tert-alkyl or cyclic N) is 1. The number of ether oxygens (including phenoxy) is 2. The van der Waals surface area contributed by atoms with E-state index >= 15 is 0 Å². The van der Waals surface area contributed by atoms with Gasteiger partial charge in [0, 0.05) is 24.7 Å². The molecule has 0 aliphatic carbocycles. The van der Waals surface area contributed by atoms with Crippen LogP contribution in [0, 0.1) is 0 Å². The van der Waals surface area contributed by atoms with Crippen molar-refractivity contribution in [2.75, 3.05) is 32.2 Å². The van der Waals surface area contributed by atoms with Crippen molar-refractivity contribution in [3.8, 4) is 11.5 Å². The van der Waals surface area contributed by atoms with E-state index in [0.717, 1.165) is 36.0 Å². The van der Waals surface area contributed by atoms with Gasteiger partial charge in [-0.2, -0.15) is 0 Å². The first-order valence-electron chi connectivity index (χ1n) is 7.16. The summed E-state index contributed by atoms with van der Waals surface area (Å²) in [7, 11) is 3.26. The van der Waals surface area contributed by atoms with E-state index in [-0.39, 0.29) is 6.10 Å². The lowest BCUT2D eigenvalue weighted by Gasteiger charge is -2.31. The minimum absolute atomic E-state index is 0.282. The number of aromatic nitrogens is 1. The third-order valence-electron chi connectivity index (χ3n) is 3.94. The van der Waals surface area contributed by atoms with Crippen LogP contribution in [0.1, 0.15) is 12.8 Å². The van der Waals surface area contributed by atoms with Crippen molar-refractivity contribution in [2.45, 2.75) is 18.9 Å². The van der Waals surface area contributed by atoms with E-state index in [0.29, 0.717) is 18.0 Å². The molecule has 1 fully saturated rings. The van der Waals surface area contributed by atoms with Crippen LogP contribution < -0.4 is 14.4 Å². The van der Waals surface area contributed by atoms with E-state index in [1.165, 1.54) is 0 Å². The Morgan fingerprint density at radius 2 is 2.00 bits per heavy atom. The molecule has 1 aromatic carbocycles. The molecule has 0 saturated carbocycles. The molecule has 5 heteroatoms. The number of benzene rings is 1. The number of hydrogen-bond acceptors (Lipinski definition) is 5. The van der Waals surface area contributed by atoms with Gasteiger partial charge in [-0.3, -0.25) is 0 Å². The Kier molecular flexibility index (Phi) is 3.84. The molecule has 1 aromatic heterocycles. The number of rotatable bonds is 3. The summed E-state index contributed by atoms with van der Waals surface area (Å²) >= 11 is 0. The van der Waals surface area contributed by atoms with Crippen molar-refractivity contribution in [1.82, 2.24) is 4.98 Å². The molecule has 5 nitrogen and oxygen atoms in total. The first-order chi connectivity index (χ1) is 10.2. The summed E-state index contributed by atoms with van der Waals surface area (Å²) < 4.78 is 10.7. The summed E-state index contributed by atoms with van der Waals surface area (Å²) in [6.07, 6.45) is 3.35. The van der Waals surface area contributed by atoms with Crippen molar-refractivity contribution in [3.63, 3.8) is 0 Å². The van der Waals surface area contributed by atoms with Crippen LogP contribution in [0.3, 0.4) is 0 Å². The van der Waals surface area contributed by atoms with Crippen molar-refractivity contribution in [3.05, 3.63) is 24.4 Å². The number of aliphatic hydroxyl groups is 1. The highest BCUT2D eigenvalue weighted by Gasteiger charge is 2.21. The maximum absolute atomic E-state index is 9.88. The summed E-state index contributed by atoms with van der Waals surface area (Å²) in [6, 6.07) is 5.87. The molecular formula is C16H20N2O3. The minimum Gasteiger partial charge on any atom is -0.493 e. The molecule has 0 bridgehead atoms. The van der Waals surface area contributed by atoms with Crippen LogP contribution in [-0.2, 0) is 0 Å². The van der Waals surface area contributed by atoms with Crippen molar-refractivity contribution >= 4 is 16.6 Å². The highest BCUT2D eigenvalue weighted by atomic mass is 16.5. The van der Waals surface area contributed by atoms with Gasteiger partial charge in [0.05, 0.1) is 20.3 Å². The molecule has 1 atom stereocenters. The first kappa shape index (κ1) is 13.9. The zero-order valence-electron chi connectivity index (χ0n) is 12.4. The van der Waals surface area contributed by atoms with Crippen LogP contribution in [-0.4, -0.2) is 43.5 Å². The van der Waals surface area contributed by atoms with Crippen molar-refractivity contribution in [2.24, 2.45) is 0 Å². The maximum atomic E-state index is 9.88. The van der Waals surface area contributed by atoms with Gasteiger partial charge >= 0.3 is 0 Å². The Labute approximate surface area is 124 Å². The average Bonchev–Trinajstić information content (AvgIpc) is 2.52. The Bertz CT molecular complexity index is 645. The summed E-state index contributed by atoms with van der Waals surface area (Å²) in [6.45, 7) is 1.54. The number of aliphatic hydroxyl groups excluding tert-OH is 1. The van der Waals surface area contributed by atoms with Gasteiger partial charge in [-0.1, -0.05) is 0 Å². The number of piperidine rings is 1. The largest absolute Gasteiger partial charge is 0.493 e. The molecule has 1 saturated heterocycles. The number of pyridine rings is 1. The second-order valence-corrected chi connectivity index (χ2v) is 5.30. The van der Waals surface area contributed by atoms with Gasteiger partial charge in [-0.05, 0) is 36.4 Å². The zero-order chi connectivity index (χ0) is 14.8. The smallest absolute Gasteiger partial charge is 0.161 e. The molecule has 2 heterocycles. The topological polar surface area (TPSA) is 54.8 Å². The number of anilines is 1. The van der Waals surface area contributed by atoms with Crippen LogP contribution in [0.2, 0.25) is 0 Å². The monoisotopic (exact) mass is 288 g/mol. The fourth-order valence-corrected chi connectivity index (χ4v) is 2.88. The minimum atomic E-state index is -0.282. The lowest BCUT2D eigenvalue weighted by molar-refractivity contribution is 0.154. The molecule has 21 heavy (non-hydrogen) atoms. The van der Waals surface area contributed by atoms with Gasteiger partial charge in [0.15, 0.2) is 11.5 Å². The van der Waals surface area contributed by atoms with Crippen molar-refractivity contribution in [1.29, 1.82) is 0 Å². The third kappa shape index (κ3) is 2.61. The Morgan fingerprint density at radius 1 is 1.24 bits per heavy atom. The predicted molar refractivity (Wildman–Crippen MR) is 82.3 cm³/mol. The number of hydrogen-bond donors (Lipinski definition) is 1. The molecule has 0 amide bonds. The summed E-state index contributed by atoms with van der Waals surface area (Å²) in [5, 5.41) is 12.0. The van der Waals surface area contributed by atoms with E-state index in [2.05, 4.69) is 9.88 Å². The maximum Gasteiger partial charge on any atom is 0.161 e. The van der Waals surface area contributed by atoms with E-state index in [1.54, 1.807) is 20.4 Å². The van der Waals surface area contributed by atoms with Gasteiger partial charge in [-0.25, -0.2) is 4.98 Å². The fourth-order valence-electron chi connectivity index (χ4n) is 2.88. The molecule has 0 radical (unpaired) electrons. The Morgan fingerprint density at radius 3 is 2.71 bits per heavy atom. The highest BCUT2D eigenvalue weighted by molar-refractivity contribution is 5.94. The first-order valence-corrected chi connectivity index (χ1v) is 7.16. The quantitative estimate of drug-likeness (QED) is 0.938. The molecule has 3 rings (SSSR count). The molecule has 1 unspecified atom stereocenters. The SMILES string of the molecule is COc1cc2ccnc(N3CCCC(O)C3)c2cc1OC. The van der Waals surface area contributed by atoms with Gasteiger partial charge in [0.1, 0.15) is 5.82 Å². The number of nitrogens with zero attached hydrogens (tertiary/aromatic N) is 2. The van der Waals surface area contributed by atoms with E-state index < -0.39 is 0 Å². The lowest BCUT2D eigenvalue weighted by atomic mass is 10.1. The average molecular weight is 288 g/mol. The number of methoxy groups -OCH3 is 2. The summed E-state index contributed by atoms with van der Waals surface area (Å²) in [4.78, 5) is 6.66. The van der Waals surface area contributed by atoms with E-state index in [4.69, 9.17) is 9.47 Å². The highest BCUT2D eigenvalue weighted by Crippen LogP contribution is 2.36.